The van der Waals surface area contributed by atoms with Gasteiger partial charge in [-0.05, 0) is 31.9 Å². The van der Waals surface area contributed by atoms with Crippen LogP contribution in [0.1, 0.15) is 33.7 Å². The summed E-state index contributed by atoms with van der Waals surface area (Å²) in [5.74, 6) is 1.95. The van der Waals surface area contributed by atoms with Crippen molar-refractivity contribution in [1.82, 2.24) is 24.5 Å². The second kappa shape index (κ2) is 7.65. The van der Waals surface area contributed by atoms with Crippen molar-refractivity contribution >= 4 is 28.7 Å². The van der Waals surface area contributed by atoms with Crippen LogP contribution >= 0.6 is 0 Å². The number of rotatable bonds is 7. The highest BCUT2D eigenvalue weighted by Gasteiger charge is 2.18. The van der Waals surface area contributed by atoms with Gasteiger partial charge in [0.1, 0.15) is 5.82 Å². The molecule has 0 aliphatic heterocycles. The van der Waals surface area contributed by atoms with Crippen molar-refractivity contribution in [3.05, 3.63) is 30.7 Å². The smallest absolute Gasteiger partial charge is 0.227 e. The second-order valence-corrected chi connectivity index (χ2v) is 6.83. The maximum Gasteiger partial charge on any atom is 0.227 e. The van der Waals surface area contributed by atoms with E-state index in [1.807, 2.05) is 36.6 Å². The Balaban J connectivity index is 2.06. The predicted molar refractivity (Wildman–Crippen MR) is 103 cm³/mol. The summed E-state index contributed by atoms with van der Waals surface area (Å²) >= 11 is 0. The molecule has 0 aliphatic carbocycles. The third kappa shape index (κ3) is 3.75. The lowest BCUT2D eigenvalue weighted by atomic mass is 10.1. The lowest BCUT2D eigenvalue weighted by molar-refractivity contribution is 0.248. The van der Waals surface area contributed by atoms with Gasteiger partial charge in [0.15, 0.2) is 17.0 Å². The van der Waals surface area contributed by atoms with Crippen molar-refractivity contribution in [3.8, 4) is 0 Å². The van der Waals surface area contributed by atoms with Crippen LogP contribution in [0.5, 0.6) is 0 Å². The molecule has 0 fully saturated rings. The molecular formula is C18H25N7O. The number of fused-ring (bicyclic) bond motifs is 1. The summed E-state index contributed by atoms with van der Waals surface area (Å²) in [7, 11) is 0. The van der Waals surface area contributed by atoms with Crippen LogP contribution in [0.25, 0.3) is 11.2 Å². The number of hydrogen-bond acceptors (Lipinski definition) is 7. The Kier molecular flexibility index (Phi) is 5.32. The summed E-state index contributed by atoms with van der Waals surface area (Å²) in [6.45, 7) is 8.24. The highest BCUT2D eigenvalue weighted by Crippen LogP contribution is 2.25. The molecule has 0 radical (unpaired) electrons. The highest BCUT2D eigenvalue weighted by atomic mass is 16.3. The average Bonchev–Trinajstić information content (AvgIpc) is 3.04. The number of nitrogens with one attached hydrogen (secondary N) is 2. The van der Waals surface area contributed by atoms with Crippen LogP contribution in [0.2, 0.25) is 0 Å². The summed E-state index contributed by atoms with van der Waals surface area (Å²) in [4.78, 5) is 18.0. The molecule has 0 saturated carbocycles. The second-order valence-electron chi connectivity index (χ2n) is 6.83. The van der Waals surface area contributed by atoms with Gasteiger partial charge in [-0.25, -0.2) is 9.97 Å². The fourth-order valence-corrected chi connectivity index (χ4v) is 2.59. The van der Waals surface area contributed by atoms with E-state index in [0.717, 1.165) is 5.65 Å². The molecule has 8 heteroatoms. The van der Waals surface area contributed by atoms with E-state index in [-0.39, 0.29) is 24.6 Å². The molecule has 0 saturated heterocycles. The summed E-state index contributed by atoms with van der Waals surface area (Å²) in [5.41, 5.74) is 1.41. The molecule has 0 amide bonds. The van der Waals surface area contributed by atoms with E-state index < -0.39 is 0 Å². The molecule has 0 unspecified atom stereocenters. The predicted octanol–water partition coefficient (Wildman–Crippen LogP) is 2.97. The van der Waals surface area contributed by atoms with E-state index in [0.29, 0.717) is 23.1 Å². The Morgan fingerprint density at radius 2 is 1.92 bits per heavy atom. The van der Waals surface area contributed by atoms with Crippen LogP contribution in [0.4, 0.5) is 17.6 Å². The van der Waals surface area contributed by atoms with Gasteiger partial charge in [-0.2, -0.15) is 9.97 Å². The van der Waals surface area contributed by atoms with Crippen LogP contribution in [-0.2, 0) is 0 Å². The number of aromatic nitrogens is 5. The first-order chi connectivity index (χ1) is 12.5. The number of hydrogen-bond donors (Lipinski definition) is 3. The van der Waals surface area contributed by atoms with E-state index in [1.54, 1.807) is 12.5 Å². The number of pyridine rings is 1. The van der Waals surface area contributed by atoms with Gasteiger partial charge in [0.2, 0.25) is 5.95 Å². The van der Waals surface area contributed by atoms with Crippen molar-refractivity contribution in [2.75, 3.05) is 17.2 Å². The van der Waals surface area contributed by atoms with E-state index in [2.05, 4.69) is 44.4 Å². The zero-order valence-corrected chi connectivity index (χ0v) is 15.5. The molecule has 3 aromatic rings. The highest BCUT2D eigenvalue weighted by molar-refractivity contribution is 5.86. The van der Waals surface area contributed by atoms with Crippen LogP contribution < -0.4 is 10.6 Å². The molecular weight excluding hydrogens is 330 g/mol. The minimum atomic E-state index is -0.134. The van der Waals surface area contributed by atoms with Crippen molar-refractivity contribution in [3.63, 3.8) is 0 Å². The Morgan fingerprint density at radius 1 is 1.12 bits per heavy atom. The molecule has 1 atom stereocenters. The number of aliphatic hydroxyl groups is 1. The molecule has 0 aliphatic rings. The van der Waals surface area contributed by atoms with Crippen LogP contribution in [0, 0.1) is 5.92 Å². The summed E-state index contributed by atoms with van der Waals surface area (Å²) < 4.78 is 2.00. The van der Waals surface area contributed by atoms with E-state index in [1.165, 1.54) is 0 Å². The van der Waals surface area contributed by atoms with Gasteiger partial charge in [-0.1, -0.05) is 19.9 Å². The number of imidazole rings is 1. The Bertz CT molecular complexity index is 861. The molecule has 3 rings (SSSR count). The lowest BCUT2D eigenvalue weighted by Gasteiger charge is -2.20. The number of aliphatic hydroxyl groups excluding tert-OH is 1. The first-order valence-corrected chi connectivity index (χ1v) is 8.79. The van der Waals surface area contributed by atoms with Crippen molar-refractivity contribution in [1.29, 1.82) is 0 Å². The van der Waals surface area contributed by atoms with Gasteiger partial charge in [0.25, 0.3) is 0 Å². The van der Waals surface area contributed by atoms with Crippen LogP contribution in [0.3, 0.4) is 0 Å². The zero-order valence-electron chi connectivity index (χ0n) is 15.5. The third-order valence-corrected chi connectivity index (χ3v) is 4.21. The Hall–Kier alpha value is -2.74. The molecule has 0 aromatic carbocycles. The van der Waals surface area contributed by atoms with Gasteiger partial charge in [0, 0.05) is 12.2 Å². The molecule has 138 valence electrons. The fourth-order valence-electron chi connectivity index (χ4n) is 2.59. The minimum Gasteiger partial charge on any atom is -0.394 e. The van der Waals surface area contributed by atoms with Crippen molar-refractivity contribution in [2.24, 2.45) is 5.92 Å². The quantitative estimate of drug-likeness (QED) is 0.599. The topological polar surface area (TPSA) is 101 Å². The molecule has 26 heavy (non-hydrogen) atoms. The molecule has 0 spiro atoms. The van der Waals surface area contributed by atoms with E-state index in [9.17, 15) is 5.11 Å². The van der Waals surface area contributed by atoms with E-state index >= 15 is 0 Å². The van der Waals surface area contributed by atoms with Crippen molar-refractivity contribution < 1.29 is 5.11 Å². The zero-order chi connectivity index (χ0) is 18.7. The molecule has 3 heterocycles. The SMILES string of the molecule is CC(C)[C@H](CO)Nc1nc(Nc2ccccn2)c2ncn(C(C)C)c2n1. The Morgan fingerprint density at radius 3 is 2.54 bits per heavy atom. The van der Waals surface area contributed by atoms with Gasteiger partial charge in [-0.15, -0.1) is 0 Å². The maximum absolute atomic E-state index is 9.62. The average molecular weight is 355 g/mol. The minimum absolute atomic E-state index is 0.00547. The first kappa shape index (κ1) is 18.1. The summed E-state index contributed by atoms with van der Waals surface area (Å²) in [6, 6.07) is 5.70. The molecule has 3 aromatic heterocycles. The normalized spacial score (nSPS) is 12.7. The molecule has 8 nitrogen and oxygen atoms in total. The third-order valence-electron chi connectivity index (χ3n) is 4.21. The Labute approximate surface area is 152 Å². The van der Waals surface area contributed by atoms with Crippen LogP contribution in [-0.4, -0.2) is 42.3 Å². The summed E-state index contributed by atoms with van der Waals surface area (Å²) in [5, 5.41) is 16.1. The van der Waals surface area contributed by atoms with Gasteiger partial charge in [0.05, 0.1) is 19.0 Å². The molecule has 0 bridgehead atoms. The number of anilines is 3. The van der Waals surface area contributed by atoms with Gasteiger partial charge in [-0.3, -0.25) is 0 Å². The standard InChI is InChI=1S/C18H25N7O/c1-11(2)13(9-26)21-18-23-16(22-14-7-5-6-8-19-14)15-17(24-18)25(10-20-15)12(3)4/h5-8,10-13,26H,9H2,1-4H3,(H2,19,21,22,23,24)/t13-/m0/s1. The number of nitrogens with zero attached hydrogens (tertiary/aromatic N) is 5. The lowest BCUT2D eigenvalue weighted by Crippen LogP contribution is -2.30. The fraction of sp³-hybridized carbons (Fsp3) is 0.444. The van der Waals surface area contributed by atoms with Gasteiger partial charge >= 0.3 is 0 Å². The maximum atomic E-state index is 9.62. The molecule has 3 N–H and O–H groups in total. The largest absolute Gasteiger partial charge is 0.394 e. The van der Waals surface area contributed by atoms with E-state index in [4.69, 9.17) is 0 Å². The van der Waals surface area contributed by atoms with Gasteiger partial charge < -0.3 is 20.3 Å². The first-order valence-electron chi connectivity index (χ1n) is 8.79. The van der Waals surface area contributed by atoms with Crippen LogP contribution in [0.15, 0.2) is 30.7 Å². The monoisotopic (exact) mass is 355 g/mol. The van der Waals surface area contributed by atoms with Crippen molar-refractivity contribution in [2.45, 2.75) is 39.8 Å². The summed E-state index contributed by atoms with van der Waals surface area (Å²) in [6.07, 6.45) is 3.48.